The largest absolute Gasteiger partial charge is 0.326 e. The second-order valence-electron chi connectivity index (χ2n) is 8.19. The van der Waals surface area contributed by atoms with Crippen LogP contribution in [0.3, 0.4) is 0 Å². The minimum Gasteiger partial charge on any atom is -0.326 e. The van der Waals surface area contributed by atoms with Gasteiger partial charge in [-0.05, 0) is 73.2 Å². The van der Waals surface area contributed by atoms with Crippen LogP contribution in [0, 0.1) is 12.8 Å². The Kier molecular flexibility index (Phi) is 7.53. The molecule has 0 radical (unpaired) electrons. The lowest BCUT2D eigenvalue weighted by Gasteiger charge is -2.30. The summed E-state index contributed by atoms with van der Waals surface area (Å²) in [5.41, 5.74) is 1.58. The van der Waals surface area contributed by atoms with Crippen LogP contribution in [-0.4, -0.2) is 40.1 Å². The molecule has 1 saturated heterocycles. The third kappa shape index (κ3) is 5.87. The van der Waals surface area contributed by atoms with Crippen LogP contribution in [-0.2, 0) is 24.8 Å². The first-order valence-corrected chi connectivity index (χ1v) is 15.0. The second kappa shape index (κ2) is 10.3. The highest BCUT2D eigenvalue weighted by atomic mass is 35.5. The molecule has 35 heavy (non-hydrogen) atoms. The van der Waals surface area contributed by atoms with Crippen molar-refractivity contribution in [2.24, 2.45) is 5.92 Å². The molecule has 1 aliphatic rings. The molecule has 0 atom stereocenters. The summed E-state index contributed by atoms with van der Waals surface area (Å²) in [7, 11) is -7.36. The highest BCUT2D eigenvalue weighted by Gasteiger charge is 2.32. The fourth-order valence-electron chi connectivity index (χ4n) is 3.77. The van der Waals surface area contributed by atoms with Gasteiger partial charge in [0.1, 0.15) is 4.21 Å². The second-order valence-corrected chi connectivity index (χ2v) is 13.4. The van der Waals surface area contributed by atoms with Crippen molar-refractivity contribution in [3.05, 3.63) is 70.6 Å². The zero-order chi connectivity index (χ0) is 25.2. The summed E-state index contributed by atoms with van der Waals surface area (Å²) >= 11 is 7.15. The summed E-state index contributed by atoms with van der Waals surface area (Å²) in [5.74, 6) is -0.554. The number of sulfonamides is 2. The van der Waals surface area contributed by atoms with Crippen LogP contribution >= 0.6 is 22.9 Å². The number of carbonyl (C=O) groups is 1. The highest BCUT2D eigenvalue weighted by Crippen LogP contribution is 2.28. The van der Waals surface area contributed by atoms with Gasteiger partial charge >= 0.3 is 0 Å². The zero-order valence-corrected chi connectivity index (χ0v) is 22.0. The Morgan fingerprint density at radius 3 is 2.34 bits per heavy atom. The van der Waals surface area contributed by atoms with Crippen molar-refractivity contribution < 1.29 is 21.6 Å². The molecule has 1 aliphatic heterocycles. The number of carbonyl (C=O) groups excluding carboxylic acids is 1. The number of rotatable bonds is 7. The van der Waals surface area contributed by atoms with Crippen molar-refractivity contribution in [1.29, 1.82) is 0 Å². The van der Waals surface area contributed by atoms with Crippen LogP contribution < -0.4 is 10.0 Å². The molecule has 3 aromatic rings. The summed E-state index contributed by atoms with van der Waals surface area (Å²) in [6, 6.07) is 14.1. The van der Waals surface area contributed by atoms with Crippen LogP contribution in [0.25, 0.3) is 0 Å². The van der Waals surface area contributed by atoms with E-state index < -0.39 is 20.0 Å². The summed E-state index contributed by atoms with van der Waals surface area (Å²) in [6.07, 6.45) is 0.817. The van der Waals surface area contributed by atoms with Crippen LogP contribution in [0.2, 0.25) is 5.02 Å². The van der Waals surface area contributed by atoms with Crippen molar-refractivity contribution >= 4 is 60.3 Å². The summed E-state index contributed by atoms with van der Waals surface area (Å²) < 4.78 is 55.0. The summed E-state index contributed by atoms with van der Waals surface area (Å²) in [6.45, 7) is 2.31. The standard InChI is InChI=1S/C23H24ClN3O5S3/c1-16-4-5-18(24)15-21(16)26-34(29,30)20-8-6-19(7-9-20)25-23(28)17-10-12-27(13-11-17)35(31,32)22-3-2-14-33-22/h2-9,14-15,17,26H,10-13H2,1H3,(H,25,28). The Morgan fingerprint density at radius 2 is 1.71 bits per heavy atom. The van der Waals surface area contributed by atoms with Gasteiger partial charge in [0.2, 0.25) is 5.91 Å². The van der Waals surface area contributed by atoms with Gasteiger partial charge in [-0.25, -0.2) is 16.8 Å². The number of anilines is 2. The molecule has 0 aliphatic carbocycles. The number of amides is 1. The number of thiophene rings is 1. The van der Waals surface area contributed by atoms with Crippen molar-refractivity contribution in [3.63, 3.8) is 0 Å². The van der Waals surface area contributed by atoms with Gasteiger partial charge in [0.05, 0.1) is 10.6 Å². The fourth-order valence-corrected chi connectivity index (χ4v) is 7.67. The fraction of sp³-hybridized carbons (Fsp3) is 0.261. The maximum atomic E-state index is 12.7. The summed E-state index contributed by atoms with van der Waals surface area (Å²) in [5, 5.41) is 4.94. The SMILES string of the molecule is Cc1ccc(Cl)cc1NS(=O)(=O)c1ccc(NC(=O)C2CCN(S(=O)(=O)c3cccs3)CC2)cc1. The van der Waals surface area contributed by atoms with Gasteiger partial charge in [-0.15, -0.1) is 11.3 Å². The Morgan fingerprint density at radius 1 is 1.03 bits per heavy atom. The Balaban J connectivity index is 1.36. The molecule has 1 amide bonds. The van der Waals surface area contributed by atoms with Crippen LogP contribution in [0.4, 0.5) is 11.4 Å². The zero-order valence-electron chi connectivity index (χ0n) is 18.8. The number of aryl methyl sites for hydroxylation is 1. The minimum atomic E-state index is -3.84. The van der Waals surface area contributed by atoms with Gasteiger partial charge < -0.3 is 5.32 Å². The topological polar surface area (TPSA) is 113 Å². The van der Waals surface area contributed by atoms with Gasteiger partial charge in [-0.3, -0.25) is 9.52 Å². The van der Waals surface area contributed by atoms with Crippen molar-refractivity contribution in [3.8, 4) is 0 Å². The Bertz CT molecular complexity index is 1420. The number of nitrogens with zero attached hydrogens (tertiary/aromatic N) is 1. The molecule has 12 heteroatoms. The highest BCUT2D eigenvalue weighted by molar-refractivity contribution is 7.92. The third-order valence-corrected chi connectivity index (χ3v) is 10.7. The van der Waals surface area contributed by atoms with Crippen LogP contribution in [0.1, 0.15) is 18.4 Å². The maximum Gasteiger partial charge on any atom is 0.261 e. The number of hydrogen-bond acceptors (Lipinski definition) is 6. The molecule has 2 N–H and O–H groups in total. The van der Waals surface area contributed by atoms with E-state index in [2.05, 4.69) is 10.0 Å². The minimum absolute atomic E-state index is 0.0435. The van der Waals surface area contributed by atoms with E-state index in [9.17, 15) is 21.6 Å². The molecule has 8 nitrogen and oxygen atoms in total. The number of benzene rings is 2. The average molecular weight is 554 g/mol. The van der Waals surface area contributed by atoms with Crippen LogP contribution in [0.15, 0.2) is 69.1 Å². The predicted octanol–water partition coefficient (Wildman–Crippen LogP) is 4.55. The Labute approximate surface area is 214 Å². The van der Waals surface area contributed by atoms with Gasteiger partial charge in [-0.2, -0.15) is 4.31 Å². The van der Waals surface area contributed by atoms with E-state index in [4.69, 9.17) is 11.6 Å². The Hall–Kier alpha value is -2.44. The lowest BCUT2D eigenvalue weighted by molar-refractivity contribution is -0.120. The van der Waals surface area contributed by atoms with Gasteiger partial charge in [0.15, 0.2) is 0 Å². The van der Waals surface area contributed by atoms with Crippen molar-refractivity contribution in [2.75, 3.05) is 23.1 Å². The van der Waals surface area contributed by atoms with Gasteiger partial charge in [-0.1, -0.05) is 23.7 Å². The number of halogens is 1. The normalized spacial score (nSPS) is 15.6. The van der Waals surface area contributed by atoms with E-state index in [1.54, 1.807) is 42.6 Å². The molecular weight excluding hydrogens is 530 g/mol. The molecule has 1 aromatic heterocycles. The van der Waals surface area contributed by atoms with E-state index in [1.807, 2.05) is 0 Å². The third-order valence-electron chi connectivity index (χ3n) is 5.79. The van der Waals surface area contributed by atoms with Crippen LogP contribution in [0.5, 0.6) is 0 Å². The number of hydrogen-bond donors (Lipinski definition) is 2. The first-order valence-electron chi connectivity index (χ1n) is 10.8. The van der Waals surface area contributed by atoms with Crippen molar-refractivity contribution in [1.82, 2.24) is 4.31 Å². The number of piperidine rings is 1. The molecule has 2 heterocycles. The lowest BCUT2D eigenvalue weighted by Crippen LogP contribution is -2.41. The quantitative estimate of drug-likeness (QED) is 0.445. The lowest BCUT2D eigenvalue weighted by atomic mass is 9.97. The van der Waals surface area contributed by atoms with Gasteiger partial charge in [0, 0.05) is 29.7 Å². The van der Waals surface area contributed by atoms with E-state index in [0.29, 0.717) is 33.4 Å². The molecule has 0 saturated carbocycles. The molecule has 0 unspecified atom stereocenters. The average Bonchev–Trinajstić information content (AvgIpc) is 3.38. The van der Waals surface area contributed by atoms with E-state index >= 15 is 0 Å². The van der Waals surface area contributed by atoms with E-state index in [0.717, 1.165) is 5.56 Å². The smallest absolute Gasteiger partial charge is 0.261 e. The maximum absolute atomic E-state index is 12.7. The van der Waals surface area contributed by atoms with E-state index in [-0.39, 0.29) is 29.8 Å². The van der Waals surface area contributed by atoms with Crippen molar-refractivity contribution in [2.45, 2.75) is 28.9 Å². The first kappa shape index (κ1) is 25.6. The molecule has 2 aromatic carbocycles. The monoisotopic (exact) mass is 553 g/mol. The first-order chi connectivity index (χ1) is 16.6. The molecule has 4 rings (SSSR count). The molecule has 0 bridgehead atoms. The molecule has 1 fully saturated rings. The van der Waals surface area contributed by atoms with Gasteiger partial charge in [0.25, 0.3) is 20.0 Å². The van der Waals surface area contributed by atoms with E-state index in [1.165, 1.54) is 39.9 Å². The number of nitrogens with one attached hydrogen (secondary N) is 2. The molecule has 186 valence electrons. The molecular formula is C23H24ClN3O5S3. The predicted molar refractivity (Wildman–Crippen MR) is 138 cm³/mol. The molecule has 0 spiro atoms. The summed E-state index contributed by atoms with van der Waals surface area (Å²) in [4.78, 5) is 12.8.